The van der Waals surface area contributed by atoms with Crippen LogP contribution in [-0.4, -0.2) is 53.4 Å². The summed E-state index contributed by atoms with van der Waals surface area (Å²) in [6.45, 7) is 0.567. The number of nitrogens with zero attached hydrogens (tertiary/aromatic N) is 4. The van der Waals surface area contributed by atoms with Crippen LogP contribution in [0.2, 0.25) is 0 Å². The Morgan fingerprint density at radius 2 is 2.00 bits per heavy atom. The Hall–Kier alpha value is -4.07. The van der Waals surface area contributed by atoms with E-state index in [1.54, 1.807) is 36.4 Å². The molecule has 3 heterocycles. The molecule has 39 heavy (non-hydrogen) atoms. The highest BCUT2D eigenvalue weighted by Crippen LogP contribution is 2.48. The van der Waals surface area contributed by atoms with Crippen molar-refractivity contribution in [3.63, 3.8) is 0 Å². The van der Waals surface area contributed by atoms with Crippen LogP contribution in [0.25, 0.3) is 10.6 Å². The molecule has 1 atom stereocenters. The Morgan fingerprint density at radius 1 is 1.18 bits per heavy atom. The standard InChI is InChI=1S/C26H23F3N6O3S/c27-26(28,29)22-21(38-17-4-2-1-3-5-17)7-6-19(23(22)35-10-11-37-18(12-30)14-35)33-24(36)20-15-39-25(34-20)16-8-9-31-32-13-16/h1-9,13,15,18H,10-12,14,30H2,(H,33,36)/t18-/m0/s1. The molecule has 4 aromatic rings. The molecule has 1 aliphatic heterocycles. The summed E-state index contributed by atoms with van der Waals surface area (Å²) in [7, 11) is 0. The second-order valence-electron chi connectivity index (χ2n) is 8.55. The lowest BCUT2D eigenvalue weighted by Crippen LogP contribution is -2.46. The maximum atomic E-state index is 14.7. The van der Waals surface area contributed by atoms with Crippen molar-refractivity contribution in [2.75, 3.05) is 36.5 Å². The number of morpholine rings is 1. The first-order chi connectivity index (χ1) is 18.8. The zero-order valence-electron chi connectivity index (χ0n) is 20.4. The van der Waals surface area contributed by atoms with Crippen molar-refractivity contribution in [3.8, 4) is 22.1 Å². The summed E-state index contributed by atoms with van der Waals surface area (Å²) in [5.74, 6) is -0.805. The number of aromatic nitrogens is 3. The molecule has 0 unspecified atom stereocenters. The molecule has 0 aliphatic carbocycles. The van der Waals surface area contributed by atoms with Crippen molar-refractivity contribution in [1.82, 2.24) is 15.2 Å². The highest BCUT2D eigenvalue weighted by atomic mass is 32.1. The van der Waals surface area contributed by atoms with Gasteiger partial charge in [-0.2, -0.15) is 23.4 Å². The number of benzene rings is 2. The van der Waals surface area contributed by atoms with Crippen LogP contribution in [0, 0.1) is 0 Å². The third-order valence-corrected chi connectivity index (χ3v) is 6.82. The molecule has 1 saturated heterocycles. The topological polar surface area (TPSA) is 115 Å². The summed E-state index contributed by atoms with van der Waals surface area (Å²) in [4.78, 5) is 19.0. The second-order valence-corrected chi connectivity index (χ2v) is 9.40. The molecule has 5 rings (SSSR count). The lowest BCUT2D eigenvalue weighted by atomic mass is 10.1. The average Bonchev–Trinajstić information content (AvgIpc) is 3.45. The predicted octanol–water partition coefficient (Wildman–Crippen LogP) is 4.83. The van der Waals surface area contributed by atoms with Crippen molar-refractivity contribution >= 4 is 28.6 Å². The third-order valence-electron chi connectivity index (χ3n) is 5.93. The van der Waals surface area contributed by atoms with Gasteiger partial charge < -0.3 is 25.4 Å². The van der Waals surface area contributed by atoms with Crippen LogP contribution < -0.4 is 20.7 Å². The summed E-state index contributed by atoms with van der Waals surface area (Å²) >= 11 is 1.21. The zero-order chi connectivity index (χ0) is 27.4. The predicted molar refractivity (Wildman–Crippen MR) is 140 cm³/mol. The number of rotatable bonds is 7. The van der Waals surface area contributed by atoms with Crippen LogP contribution in [0.1, 0.15) is 16.1 Å². The number of nitrogens with one attached hydrogen (secondary N) is 1. The third kappa shape index (κ3) is 6.00. The van der Waals surface area contributed by atoms with E-state index in [1.807, 2.05) is 0 Å². The number of ether oxygens (including phenoxy) is 2. The molecule has 3 N–H and O–H groups in total. The summed E-state index contributed by atoms with van der Waals surface area (Å²) in [5.41, 5.74) is 5.21. The van der Waals surface area contributed by atoms with Crippen molar-refractivity contribution in [2.24, 2.45) is 5.73 Å². The highest BCUT2D eigenvalue weighted by molar-refractivity contribution is 7.13. The van der Waals surface area contributed by atoms with Crippen LogP contribution in [0.5, 0.6) is 11.5 Å². The number of para-hydroxylation sites is 1. The fourth-order valence-corrected chi connectivity index (χ4v) is 4.95. The van der Waals surface area contributed by atoms with Gasteiger partial charge in [-0.15, -0.1) is 11.3 Å². The number of anilines is 2. The molecule has 202 valence electrons. The first kappa shape index (κ1) is 26.5. The number of hydrogen-bond acceptors (Lipinski definition) is 9. The number of alkyl halides is 3. The van der Waals surface area contributed by atoms with Gasteiger partial charge in [-0.3, -0.25) is 4.79 Å². The quantitative estimate of drug-likeness (QED) is 0.333. The summed E-state index contributed by atoms with van der Waals surface area (Å²) in [6.07, 6.45) is -2.28. The maximum absolute atomic E-state index is 14.7. The van der Waals surface area contributed by atoms with E-state index in [1.165, 1.54) is 46.1 Å². The number of carbonyl (C=O) groups is 1. The molecule has 2 aromatic carbocycles. The largest absolute Gasteiger partial charge is 0.457 e. The van der Waals surface area contributed by atoms with E-state index in [2.05, 4.69) is 20.5 Å². The molecular weight excluding hydrogens is 533 g/mol. The molecule has 2 aromatic heterocycles. The van der Waals surface area contributed by atoms with Crippen LogP contribution in [-0.2, 0) is 10.9 Å². The SMILES string of the molecule is NC[C@H]1CN(c2c(NC(=O)c3csc(-c4ccnnc4)n3)ccc(Oc3ccccc3)c2C(F)(F)F)CCO1. The van der Waals surface area contributed by atoms with Crippen LogP contribution >= 0.6 is 11.3 Å². The molecule has 0 spiro atoms. The molecule has 1 fully saturated rings. The van der Waals surface area contributed by atoms with Gasteiger partial charge in [-0.25, -0.2) is 4.98 Å². The van der Waals surface area contributed by atoms with Gasteiger partial charge in [0, 0.05) is 30.6 Å². The van der Waals surface area contributed by atoms with Crippen LogP contribution in [0.3, 0.4) is 0 Å². The monoisotopic (exact) mass is 556 g/mol. The van der Waals surface area contributed by atoms with Gasteiger partial charge >= 0.3 is 6.18 Å². The van der Waals surface area contributed by atoms with E-state index in [9.17, 15) is 18.0 Å². The van der Waals surface area contributed by atoms with Crippen molar-refractivity contribution in [3.05, 3.63) is 77.6 Å². The normalized spacial score (nSPS) is 15.7. The Kier molecular flexibility index (Phi) is 7.72. The first-order valence-corrected chi connectivity index (χ1v) is 12.8. The Morgan fingerprint density at radius 3 is 2.72 bits per heavy atom. The zero-order valence-corrected chi connectivity index (χ0v) is 21.2. The molecule has 0 radical (unpaired) electrons. The van der Waals surface area contributed by atoms with E-state index in [4.69, 9.17) is 15.2 Å². The minimum Gasteiger partial charge on any atom is -0.457 e. The van der Waals surface area contributed by atoms with Crippen molar-refractivity contribution in [1.29, 1.82) is 0 Å². The second kappa shape index (κ2) is 11.4. The van der Waals surface area contributed by atoms with Gasteiger partial charge in [0.05, 0.1) is 36.5 Å². The van der Waals surface area contributed by atoms with Gasteiger partial charge in [-0.1, -0.05) is 18.2 Å². The van der Waals surface area contributed by atoms with Gasteiger partial charge in [0.15, 0.2) is 0 Å². The number of amides is 1. The van der Waals surface area contributed by atoms with E-state index >= 15 is 0 Å². The van der Waals surface area contributed by atoms with Crippen molar-refractivity contribution < 1.29 is 27.4 Å². The van der Waals surface area contributed by atoms with E-state index in [0.717, 1.165) is 0 Å². The average molecular weight is 557 g/mol. The number of thiazole rings is 1. The molecule has 13 heteroatoms. The summed E-state index contributed by atoms with van der Waals surface area (Å²) in [5, 5.41) is 12.2. The number of nitrogens with two attached hydrogens (primary N) is 1. The van der Waals surface area contributed by atoms with Crippen LogP contribution in [0.15, 0.2) is 66.3 Å². The fourth-order valence-electron chi connectivity index (χ4n) is 4.16. The van der Waals surface area contributed by atoms with E-state index in [0.29, 0.717) is 10.6 Å². The first-order valence-electron chi connectivity index (χ1n) is 11.9. The summed E-state index contributed by atoms with van der Waals surface area (Å²) < 4.78 is 55.3. The molecule has 1 aliphatic rings. The number of hydrogen-bond donors (Lipinski definition) is 2. The van der Waals surface area contributed by atoms with Gasteiger partial charge in [0.1, 0.15) is 27.8 Å². The molecule has 1 amide bonds. The Bertz CT molecular complexity index is 1440. The van der Waals surface area contributed by atoms with Crippen LogP contribution in [0.4, 0.5) is 24.5 Å². The van der Waals surface area contributed by atoms with Gasteiger partial charge in [-0.05, 0) is 30.3 Å². The molecule has 0 bridgehead atoms. The molecule has 0 saturated carbocycles. The van der Waals surface area contributed by atoms with E-state index in [-0.39, 0.29) is 49.1 Å². The number of carbonyl (C=O) groups excluding carboxylic acids is 1. The number of halogens is 3. The minimum atomic E-state index is -4.81. The van der Waals surface area contributed by atoms with Gasteiger partial charge in [0.25, 0.3) is 5.91 Å². The highest BCUT2D eigenvalue weighted by Gasteiger charge is 2.41. The minimum absolute atomic E-state index is 0.0365. The van der Waals surface area contributed by atoms with Crippen molar-refractivity contribution in [2.45, 2.75) is 12.3 Å². The Labute approximate surface area is 225 Å². The maximum Gasteiger partial charge on any atom is 0.422 e. The summed E-state index contributed by atoms with van der Waals surface area (Å²) in [6, 6.07) is 12.5. The Balaban J connectivity index is 1.55. The lowest BCUT2D eigenvalue weighted by Gasteiger charge is -2.37. The fraction of sp³-hybridized carbons (Fsp3) is 0.231. The molecular formula is C26H23F3N6O3S. The van der Waals surface area contributed by atoms with E-state index < -0.39 is 29.5 Å². The van der Waals surface area contributed by atoms with Gasteiger partial charge in [0.2, 0.25) is 0 Å². The molecule has 9 nitrogen and oxygen atoms in total. The smallest absolute Gasteiger partial charge is 0.422 e. The lowest BCUT2D eigenvalue weighted by molar-refractivity contribution is -0.138.